The molecule has 1 aromatic heterocycles. The van der Waals surface area contributed by atoms with Gasteiger partial charge in [-0.15, -0.1) is 5.10 Å². The molecule has 0 amide bonds. The third-order valence-electron chi connectivity index (χ3n) is 3.30. The van der Waals surface area contributed by atoms with Crippen LogP contribution >= 0.6 is 15.9 Å². The highest BCUT2D eigenvalue weighted by atomic mass is 79.9. The molecule has 3 aromatic rings. The van der Waals surface area contributed by atoms with E-state index in [9.17, 15) is 0 Å². The van der Waals surface area contributed by atoms with E-state index in [-0.39, 0.29) is 0 Å². The number of aryl methyl sites for hydroxylation is 1. The number of anilines is 4. The molecule has 0 aliphatic carbocycles. The van der Waals surface area contributed by atoms with E-state index in [2.05, 4.69) is 47.8 Å². The lowest BCUT2D eigenvalue weighted by Gasteiger charge is -2.09. The third kappa shape index (κ3) is 3.67. The normalized spacial score (nSPS) is 10.0. The minimum absolute atomic E-state index is 0.314. The molecule has 7 heteroatoms. The van der Waals surface area contributed by atoms with Crippen molar-refractivity contribution in [1.82, 2.24) is 15.2 Å². The summed E-state index contributed by atoms with van der Waals surface area (Å²) in [5.41, 5.74) is 3.19. The largest absolute Gasteiger partial charge is 0.339 e. The molecule has 2 aromatic carbocycles. The van der Waals surface area contributed by atoms with Crippen molar-refractivity contribution in [3.63, 3.8) is 0 Å². The number of nitriles is 1. The molecule has 0 bridgehead atoms. The Morgan fingerprint density at radius 2 is 1.96 bits per heavy atom. The van der Waals surface area contributed by atoms with E-state index in [4.69, 9.17) is 5.26 Å². The van der Waals surface area contributed by atoms with Gasteiger partial charge in [-0.1, -0.05) is 34.1 Å². The number of para-hydroxylation sites is 1. The quantitative estimate of drug-likeness (QED) is 0.701. The molecule has 118 valence electrons. The molecule has 0 radical (unpaired) electrons. The maximum Gasteiger partial charge on any atom is 0.249 e. The van der Waals surface area contributed by atoms with Crippen molar-refractivity contribution < 1.29 is 0 Å². The number of halogens is 1. The summed E-state index contributed by atoms with van der Waals surface area (Å²) < 4.78 is 1.01. The van der Waals surface area contributed by atoms with Crippen LogP contribution in [0.1, 0.15) is 11.1 Å². The van der Waals surface area contributed by atoms with Crippen LogP contribution in [0.15, 0.2) is 53.1 Å². The lowest BCUT2D eigenvalue weighted by atomic mass is 10.2. The van der Waals surface area contributed by atoms with Crippen molar-refractivity contribution in [2.75, 3.05) is 10.6 Å². The van der Waals surface area contributed by atoms with Crippen LogP contribution in [0.5, 0.6) is 0 Å². The van der Waals surface area contributed by atoms with Gasteiger partial charge in [-0.2, -0.15) is 15.3 Å². The number of rotatable bonds is 4. The second kappa shape index (κ2) is 7.06. The van der Waals surface area contributed by atoms with Crippen LogP contribution in [0.25, 0.3) is 0 Å². The Balaban J connectivity index is 1.81. The first kappa shape index (κ1) is 15.9. The van der Waals surface area contributed by atoms with Crippen LogP contribution in [0.3, 0.4) is 0 Å². The Morgan fingerprint density at radius 3 is 2.75 bits per heavy atom. The summed E-state index contributed by atoms with van der Waals surface area (Å²) in [5, 5.41) is 23.2. The highest BCUT2D eigenvalue weighted by Crippen LogP contribution is 2.23. The third-order valence-corrected chi connectivity index (χ3v) is 4.15. The smallest absolute Gasteiger partial charge is 0.249 e. The first-order valence-corrected chi connectivity index (χ1v) is 7.94. The lowest BCUT2D eigenvalue weighted by molar-refractivity contribution is 0.982. The molecule has 3 rings (SSSR count). The molecule has 0 spiro atoms. The molecule has 0 saturated heterocycles. The van der Waals surface area contributed by atoms with Gasteiger partial charge in [0.05, 0.1) is 17.4 Å². The maximum absolute atomic E-state index is 9.13. The maximum atomic E-state index is 9.13. The topological polar surface area (TPSA) is 86.5 Å². The number of hydrogen-bond donors (Lipinski definition) is 2. The zero-order valence-corrected chi connectivity index (χ0v) is 14.4. The molecule has 2 N–H and O–H groups in total. The summed E-state index contributed by atoms with van der Waals surface area (Å²) in [4.78, 5) is 4.37. The number of aromatic nitrogens is 3. The molecular weight excluding hydrogens is 368 g/mol. The highest BCUT2D eigenvalue weighted by molar-refractivity contribution is 9.10. The summed E-state index contributed by atoms with van der Waals surface area (Å²) in [7, 11) is 0. The van der Waals surface area contributed by atoms with Gasteiger partial charge in [0.2, 0.25) is 5.95 Å². The fraction of sp³-hybridized carbons (Fsp3) is 0.0588. The van der Waals surface area contributed by atoms with Crippen LogP contribution in [-0.4, -0.2) is 15.2 Å². The van der Waals surface area contributed by atoms with Crippen molar-refractivity contribution in [2.24, 2.45) is 0 Å². The standard InChI is InChI=1S/C17H13BrN6/c1-11-6-7-13(8-14(11)18)21-16-10-20-24-17(23-16)22-15-5-3-2-4-12(15)9-19/h2-8,10H,1H3,(H2,21,22,23,24). The summed E-state index contributed by atoms with van der Waals surface area (Å²) in [6.45, 7) is 2.02. The number of nitrogens with zero attached hydrogens (tertiary/aromatic N) is 4. The fourth-order valence-electron chi connectivity index (χ4n) is 2.05. The molecule has 0 fully saturated rings. The van der Waals surface area contributed by atoms with Crippen LogP contribution in [-0.2, 0) is 0 Å². The van der Waals surface area contributed by atoms with E-state index in [0.717, 1.165) is 15.7 Å². The van der Waals surface area contributed by atoms with Gasteiger partial charge < -0.3 is 10.6 Å². The first-order valence-electron chi connectivity index (χ1n) is 7.15. The Bertz CT molecular complexity index is 919. The van der Waals surface area contributed by atoms with Crippen molar-refractivity contribution in [2.45, 2.75) is 6.92 Å². The Kier molecular flexibility index (Phi) is 4.68. The predicted molar refractivity (Wildman–Crippen MR) is 96.4 cm³/mol. The van der Waals surface area contributed by atoms with Crippen LogP contribution in [0, 0.1) is 18.3 Å². The minimum Gasteiger partial charge on any atom is -0.339 e. The van der Waals surface area contributed by atoms with E-state index < -0.39 is 0 Å². The summed E-state index contributed by atoms with van der Waals surface area (Å²) in [6.07, 6.45) is 1.54. The Labute approximate surface area is 147 Å². The molecular formula is C17H13BrN6. The highest BCUT2D eigenvalue weighted by Gasteiger charge is 2.06. The lowest BCUT2D eigenvalue weighted by Crippen LogP contribution is -2.03. The Hall–Kier alpha value is -2.98. The molecule has 6 nitrogen and oxygen atoms in total. The minimum atomic E-state index is 0.314. The van der Waals surface area contributed by atoms with E-state index in [1.807, 2.05) is 31.2 Å². The van der Waals surface area contributed by atoms with Gasteiger partial charge in [0.15, 0.2) is 5.82 Å². The van der Waals surface area contributed by atoms with E-state index in [1.165, 1.54) is 6.20 Å². The molecule has 0 saturated carbocycles. The van der Waals surface area contributed by atoms with Gasteiger partial charge >= 0.3 is 0 Å². The first-order chi connectivity index (χ1) is 11.7. The van der Waals surface area contributed by atoms with Crippen LogP contribution in [0.4, 0.5) is 23.1 Å². The molecule has 0 aliphatic heterocycles. The average molecular weight is 381 g/mol. The summed E-state index contributed by atoms with van der Waals surface area (Å²) in [5.74, 6) is 0.867. The zero-order chi connectivity index (χ0) is 16.9. The molecule has 0 atom stereocenters. The van der Waals surface area contributed by atoms with Gasteiger partial charge in [0, 0.05) is 10.2 Å². The molecule has 24 heavy (non-hydrogen) atoms. The molecule has 0 aliphatic rings. The van der Waals surface area contributed by atoms with Gasteiger partial charge in [0.1, 0.15) is 6.07 Å². The second-order valence-electron chi connectivity index (χ2n) is 5.04. The van der Waals surface area contributed by atoms with Gasteiger partial charge in [-0.05, 0) is 36.8 Å². The fourth-order valence-corrected chi connectivity index (χ4v) is 2.42. The summed E-state index contributed by atoms with van der Waals surface area (Å²) in [6, 6.07) is 15.2. The second-order valence-corrected chi connectivity index (χ2v) is 5.89. The van der Waals surface area contributed by atoms with Gasteiger partial charge in [-0.25, -0.2) is 0 Å². The van der Waals surface area contributed by atoms with Gasteiger partial charge in [0.25, 0.3) is 0 Å². The van der Waals surface area contributed by atoms with E-state index >= 15 is 0 Å². The molecule has 1 heterocycles. The van der Waals surface area contributed by atoms with Gasteiger partial charge in [-0.3, -0.25) is 0 Å². The number of benzene rings is 2. The van der Waals surface area contributed by atoms with Crippen molar-refractivity contribution in [3.05, 3.63) is 64.3 Å². The predicted octanol–water partition coefficient (Wildman–Crippen LogP) is 4.30. The number of hydrogen-bond acceptors (Lipinski definition) is 6. The van der Waals surface area contributed by atoms with E-state index in [0.29, 0.717) is 23.0 Å². The van der Waals surface area contributed by atoms with Crippen molar-refractivity contribution in [1.29, 1.82) is 5.26 Å². The SMILES string of the molecule is Cc1ccc(Nc2cnnc(Nc3ccccc3C#N)n2)cc1Br. The molecule has 0 unspecified atom stereocenters. The average Bonchev–Trinajstić information content (AvgIpc) is 2.59. The number of nitrogens with one attached hydrogen (secondary N) is 2. The summed E-state index contributed by atoms with van der Waals surface area (Å²) >= 11 is 3.50. The van der Waals surface area contributed by atoms with Crippen LogP contribution in [0.2, 0.25) is 0 Å². The Morgan fingerprint density at radius 1 is 1.12 bits per heavy atom. The van der Waals surface area contributed by atoms with Crippen molar-refractivity contribution in [3.8, 4) is 6.07 Å². The zero-order valence-electron chi connectivity index (χ0n) is 12.8. The van der Waals surface area contributed by atoms with Crippen LogP contribution < -0.4 is 10.6 Å². The van der Waals surface area contributed by atoms with E-state index in [1.54, 1.807) is 18.2 Å². The monoisotopic (exact) mass is 380 g/mol. The van der Waals surface area contributed by atoms with Crippen molar-refractivity contribution >= 4 is 39.1 Å².